The molecule has 2 aromatic carbocycles. The number of ether oxygens (including phenoxy) is 2. The fourth-order valence-corrected chi connectivity index (χ4v) is 2.16. The van der Waals surface area contributed by atoms with Crippen LogP contribution in [0.1, 0.15) is 46.2 Å². The molecule has 0 atom stereocenters. The van der Waals surface area contributed by atoms with Crippen LogP contribution in [0.25, 0.3) is 0 Å². The molecule has 0 amide bonds. The van der Waals surface area contributed by atoms with E-state index in [1.54, 1.807) is 12.4 Å². The number of hydrogen-bond acceptors (Lipinski definition) is 5. The number of rotatable bonds is 8. The largest absolute Gasteiger partial charge is 0.491 e. The molecule has 2 aromatic rings. The van der Waals surface area contributed by atoms with Crippen LogP contribution < -0.4 is 20.6 Å². The Morgan fingerprint density at radius 3 is 1.72 bits per heavy atom. The van der Waals surface area contributed by atoms with E-state index in [1.165, 1.54) is 0 Å². The average Bonchev–Trinajstić information content (AvgIpc) is 2.64. The molecular formula is C22H31N5O2. The summed E-state index contributed by atoms with van der Waals surface area (Å²) in [5, 5.41) is 11.8. The molecule has 0 aliphatic carbocycles. The van der Waals surface area contributed by atoms with Crippen molar-refractivity contribution in [3.8, 4) is 11.5 Å². The van der Waals surface area contributed by atoms with E-state index in [1.807, 2.05) is 76.2 Å². The lowest BCUT2D eigenvalue weighted by atomic mass is 10.2. The maximum Gasteiger partial charge on any atom is 0.234 e. The zero-order valence-corrected chi connectivity index (χ0v) is 16.7. The first kappa shape index (κ1) is 23.7. The molecule has 0 aromatic heterocycles. The number of nitrogens with zero attached hydrogens (tertiary/aromatic N) is 3. The molecule has 0 saturated carbocycles. The van der Waals surface area contributed by atoms with Gasteiger partial charge in [0.2, 0.25) is 5.96 Å². The quantitative estimate of drug-likeness (QED) is 0.397. The lowest BCUT2D eigenvalue weighted by Gasteiger charge is -2.09. The van der Waals surface area contributed by atoms with E-state index in [2.05, 4.69) is 20.7 Å². The van der Waals surface area contributed by atoms with Gasteiger partial charge in [-0.3, -0.25) is 0 Å². The van der Waals surface area contributed by atoms with E-state index in [0.29, 0.717) is 0 Å². The Labute approximate surface area is 173 Å². The summed E-state index contributed by atoms with van der Waals surface area (Å²) >= 11 is 0. The van der Waals surface area contributed by atoms with Crippen LogP contribution in [0.3, 0.4) is 0 Å². The van der Waals surface area contributed by atoms with Gasteiger partial charge < -0.3 is 15.2 Å². The molecule has 29 heavy (non-hydrogen) atoms. The molecule has 0 saturated heterocycles. The molecule has 0 aliphatic heterocycles. The van der Waals surface area contributed by atoms with E-state index in [0.717, 1.165) is 22.6 Å². The van der Waals surface area contributed by atoms with Crippen LogP contribution in [-0.2, 0) is 0 Å². The van der Waals surface area contributed by atoms with Gasteiger partial charge in [0.05, 0.1) is 24.6 Å². The first-order valence-electron chi connectivity index (χ1n) is 9.11. The van der Waals surface area contributed by atoms with Gasteiger partial charge in [-0.25, -0.2) is 5.43 Å². The van der Waals surface area contributed by atoms with E-state index in [4.69, 9.17) is 15.2 Å². The van der Waals surface area contributed by atoms with Gasteiger partial charge in [-0.2, -0.15) is 10.2 Å². The second kappa shape index (κ2) is 12.2. The van der Waals surface area contributed by atoms with Gasteiger partial charge >= 0.3 is 0 Å². The third-order valence-electron chi connectivity index (χ3n) is 3.27. The molecule has 7 heteroatoms. The van der Waals surface area contributed by atoms with Crippen molar-refractivity contribution in [2.45, 2.75) is 47.3 Å². The molecule has 3 N–H and O–H groups in total. The highest BCUT2D eigenvalue weighted by molar-refractivity contribution is 5.84. The molecule has 0 spiro atoms. The molecule has 0 radical (unpaired) electrons. The van der Waals surface area contributed by atoms with Crippen molar-refractivity contribution in [2.24, 2.45) is 21.0 Å². The summed E-state index contributed by atoms with van der Waals surface area (Å²) in [5.41, 5.74) is 10.2. The molecule has 2 rings (SSSR count). The van der Waals surface area contributed by atoms with Crippen LogP contribution in [-0.4, -0.2) is 30.6 Å². The number of nitrogens with two attached hydrogens (primary N) is 1. The Balaban J connectivity index is 0.00000420. The van der Waals surface area contributed by atoms with Crippen LogP contribution in [0.4, 0.5) is 0 Å². The molecule has 7 nitrogen and oxygen atoms in total. The van der Waals surface area contributed by atoms with Crippen LogP contribution in [0.5, 0.6) is 11.5 Å². The van der Waals surface area contributed by atoms with Gasteiger partial charge in [-0.05, 0) is 87.4 Å². The fourth-order valence-electron chi connectivity index (χ4n) is 2.16. The van der Waals surface area contributed by atoms with Gasteiger partial charge in [-0.15, -0.1) is 5.10 Å². The van der Waals surface area contributed by atoms with Gasteiger partial charge in [0.25, 0.3) is 0 Å². The van der Waals surface area contributed by atoms with Gasteiger partial charge in [0, 0.05) is 0 Å². The zero-order valence-electron chi connectivity index (χ0n) is 16.7. The Bertz CT molecular complexity index is 810. The standard InChI is InChI=1S/C21H27N5O2.CH4/c1-15(2)27-19-9-5-17(6-10-19)13-23-25-21(22)26-24-14-18-7-11-20(12-8-18)28-16(3)4;/h5-16H,1-4H3,(H3,22,25,26);1H4/b23-13+,24-14+;. The van der Waals surface area contributed by atoms with E-state index in [-0.39, 0.29) is 25.6 Å². The lowest BCUT2D eigenvalue weighted by molar-refractivity contribution is 0.242. The Hall–Kier alpha value is -3.35. The Morgan fingerprint density at radius 1 is 0.828 bits per heavy atom. The second-order valence-electron chi connectivity index (χ2n) is 6.57. The molecule has 156 valence electrons. The molecule has 0 unspecified atom stereocenters. The van der Waals surface area contributed by atoms with Crippen LogP contribution >= 0.6 is 0 Å². The van der Waals surface area contributed by atoms with Crippen molar-refractivity contribution in [1.82, 2.24) is 5.43 Å². The predicted octanol–water partition coefficient (Wildman–Crippen LogP) is 4.17. The highest BCUT2D eigenvalue weighted by Gasteiger charge is 1.98. The van der Waals surface area contributed by atoms with E-state index >= 15 is 0 Å². The summed E-state index contributed by atoms with van der Waals surface area (Å²) in [6.07, 6.45) is 3.52. The fraction of sp³-hybridized carbons (Fsp3) is 0.318. The summed E-state index contributed by atoms with van der Waals surface area (Å²) in [6.45, 7) is 7.94. The SMILES string of the molecule is C.CC(C)Oc1ccc(/C=N/N=C(N)N/N=C/c2ccc(OC(C)C)cc2)cc1. The maximum absolute atomic E-state index is 5.73. The summed E-state index contributed by atoms with van der Waals surface area (Å²) in [7, 11) is 0. The predicted molar refractivity (Wildman–Crippen MR) is 121 cm³/mol. The van der Waals surface area contributed by atoms with E-state index < -0.39 is 0 Å². The topological polar surface area (TPSA) is 93.6 Å². The average molecular weight is 398 g/mol. The first-order chi connectivity index (χ1) is 13.4. The molecular weight excluding hydrogens is 366 g/mol. The minimum atomic E-state index is 0. The smallest absolute Gasteiger partial charge is 0.234 e. The summed E-state index contributed by atoms with van der Waals surface area (Å²) < 4.78 is 11.2. The van der Waals surface area contributed by atoms with Crippen molar-refractivity contribution >= 4 is 18.4 Å². The van der Waals surface area contributed by atoms with Crippen molar-refractivity contribution in [2.75, 3.05) is 0 Å². The molecule has 0 heterocycles. The number of hydrazone groups is 1. The van der Waals surface area contributed by atoms with Crippen molar-refractivity contribution in [1.29, 1.82) is 0 Å². The van der Waals surface area contributed by atoms with Gasteiger partial charge in [-0.1, -0.05) is 7.43 Å². The third-order valence-corrected chi connectivity index (χ3v) is 3.27. The molecule has 0 bridgehead atoms. The minimum Gasteiger partial charge on any atom is -0.491 e. The van der Waals surface area contributed by atoms with Crippen LogP contribution in [0, 0.1) is 0 Å². The van der Waals surface area contributed by atoms with Crippen molar-refractivity contribution in [3.05, 3.63) is 59.7 Å². The summed E-state index contributed by atoms with van der Waals surface area (Å²) in [5.74, 6) is 1.72. The van der Waals surface area contributed by atoms with Crippen LogP contribution in [0.15, 0.2) is 63.8 Å². The zero-order chi connectivity index (χ0) is 20.4. The number of hydrogen-bond donors (Lipinski definition) is 2. The number of nitrogens with one attached hydrogen (secondary N) is 1. The second-order valence-corrected chi connectivity index (χ2v) is 6.57. The Morgan fingerprint density at radius 2 is 1.28 bits per heavy atom. The van der Waals surface area contributed by atoms with Crippen molar-refractivity contribution < 1.29 is 9.47 Å². The third kappa shape index (κ3) is 9.41. The van der Waals surface area contributed by atoms with Crippen molar-refractivity contribution in [3.63, 3.8) is 0 Å². The van der Waals surface area contributed by atoms with E-state index in [9.17, 15) is 0 Å². The van der Waals surface area contributed by atoms with Gasteiger partial charge in [0.15, 0.2) is 0 Å². The summed E-state index contributed by atoms with van der Waals surface area (Å²) in [4.78, 5) is 0. The lowest BCUT2D eigenvalue weighted by Crippen LogP contribution is -2.26. The van der Waals surface area contributed by atoms with Crippen LogP contribution in [0.2, 0.25) is 0 Å². The number of guanidine groups is 1. The first-order valence-corrected chi connectivity index (χ1v) is 9.11. The van der Waals surface area contributed by atoms with Gasteiger partial charge in [0.1, 0.15) is 11.5 Å². The maximum atomic E-state index is 5.73. The molecule has 0 aliphatic rings. The normalized spacial score (nSPS) is 11.9. The minimum absolute atomic E-state index is 0. The highest BCUT2D eigenvalue weighted by atomic mass is 16.5. The summed E-state index contributed by atoms with van der Waals surface area (Å²) in [6, 6.07) is 15.1. The Kier molecular flexibility index (Phi) is 9.95. The monoisotopic (exact) mass is 397 g/mol. The highest BCUT2D eigenvalue weighted by Crippen LogP contribution is 2.13. The molecule has 0 fully saturated rings. The number of benzene rings is 2.